The van der Waals surface area contributed by atoms with Gasteiger partial charge in [0.05, 0.1) is 20.8 Å². The molecule has 0 fully saturated rings. The topological polar surface area (TPSA) is 26.6 Å². The minimum Gasteiger partial charge on any atom is -0.485 e. The molecule has 0 atom stereocenters. The number of fused-ring (bicyclic) bond motifs is 4. The molecule has 0 saturated carbocycles. The largest absolute Gasteiger partial charge is 0.485 e. The van der Waals surface area contributed by atoms with E-state index < -0.39 is 0 Å². The third kappa shape index (κ3) is 6.33. The van der Waals surface area contributed by atoms with Gasteiger partial charge >= 0.3 is 0 Å². The third-order valence-electron chi connectivity index (χ3n) is 11.2. The van der Waals surface area contributed by atoms with Crippen molar-refractivity contribution < 1.29 is 9.47 Å². The molecule has 0 amide bonds. The molecule has 3 heterocycles. The third-order valence-corrected chi connectivity index (χ3v) is 12.5. The van der Waals surface area contributed by atoms with Crippen molar-refractivity contribution in [3.05, 3.63) is 206 Å². The van der Waals surface area contributed by atoms with E-state index in [0.29, 0.717) is 13.2 Å². The van der Waals surface area contributed by atoms with Crippen LogP contribution in [0.5, 0.6) is 11.5 Å². The highest BCUT2D eigenvalue weighted by Gasteiger charge is 2.26. The maximum absolute atomic E-state index is 6.26. The van der Waals surface area contributed by atoms with Crippen molar-refractivity contribution in [2.24, 2.45) is 0 Å². The zero-order valence-electron chi connectivity index (χ0n) is 32.2. The van der Waals surface area contributed by atoms with Crippen LogP contribution in [0, 0.1) is 0 Å². The van der Waals surface area contributed by atoms with Crippen LogP contribution < -0.4 is 14.4 Å². The minimum absolute atomic E-state index is 0.538. The second kappa shape index (κ2) is 14.9. The molecule has 59 heavy (non-hydrogen) atoms. The highest BCUT2D eigenvalue weighted by atomic mass is 32.1. The van der Waals surface area contributed by atoms with Crippen molar-refractivity contribution in [1.82, 2.24) is 4.57 Å². The Hall–Kier alpha value is -7.34. The number of ether oxygens (including phenoxy) is 2. The molecule has 0 unspecified atom stereocenters. The molecule has 0 radical (unpaired) electrons. The number of hydrogen-bond donors (Lipinski definition) is 0. The van der Waals surface area contributed by atoms with E-state index in [0.717, 1.165) is 55.1 Å². The molecule has 1 aliphatic rings. The Morgan fingerprint density at radius 3 is 1.39 bits per heavy atom. The standard InChI is InChI=1S/C54H38N2O2S/c1-4-12-37(13-5-1)38-20-27-44(28-21-38)55(46-31-24-41(25-32-46)54-52-51(57-34-35-58-52)53(59-54)40-14-6-2-7-15-40)45-29-22-39(23-30-45)42-26-33-50-48(36-42)47-18-10-11-19-49(47)56(50)43-16-8-3-9-17-43/h1-33,36H,34-35H2. The summed E-state index contributed by atoms with van der Waals surface area (Å²) >= 11 is 1.72. The van der Waals surface area contributed by atoms with Crippen molar-refractivity contribution in [1.29, 1.82) is 0 Å². The summed E-state index contributed by atoms with van der Waals surface area (Å²) in [5.41, 5.74) is 13.8. The fourth-order valence-electron chi connectivity index (χ4n) is 8.37. The molecule has 282 valence electrons. The summed E-state index contributed by atoms with van der Waals surface area (Å²) in [6, 6.07) is 73.8. The van der Waals surface area contributed by atoms with Crippen LogP contribution in [0.25, 0.3) is 70.6 Å². The monoisotopic (exact) mass is 778 g/mol. The molecule has 4 nitrogen and oxygen atoms in total. The van der Waals surface area contributed by atoms with E-state index in [2.05, 4.69) is 210 Å². The summed E-state index contributed by atoms with van der Waals surface area (Å²) in [6.07, 6.45) is 0. The van der Waals surface area contributed by atoms with Gasteiger partial charge < -0.3 is 18.9 Å². The zero-order chi connectivity index (χ0) is 39.1. The highest BCUT2D eigenvalue weighted by molar-refractivity contribution is 7.19. The summed E-state index contributed by atoms with van der Waals surface area (Å²) in [4.78, 5) is 4.51. The highest BCUT2D eigenvalue weighted by Crippen LogP contribution is 2.54. The Bertz CT molecular complexity index is 3060. The van der Waals surface area contributed by atoms with Gasteiger partial charge in [0.15, 0.2) is 11.5 Å². The van der Waals surface area contributed by atoms with E-state index in [1.54, 1.807) is 11.3 Å². The van der Waals surface area contributed by atoms with Gasteiger partial charge in [0.1, 0.15) is 13.2 Å². The number of benzene rings is 8. The molecule has 2 aromatic heterocycles. The van der Waals surface area contributed by atoms with E-state index in [-0.39, 0.29) is 0 Å². The Balaban J connectivity index is 0.971. The Kier molecular flexibility index (Phi) is 8.79. The number of aromatic nitrogens is 1. The zero-order valence-corrected chi connectivity index (χ0v) is 33.0. The maximum atomic E-state index is 6.26. The average molecular weight is 779 g/mol. The van der Waals surface area contributed by atoms with Crippen LogP contribution >= 0.6 is 11.3 Å². The normalized spacial score (nSPS) is 12.2. The molecular weight excluding hydrogens is 741 g/mol. The number of rotatable bonds is 8. The molecule has 0 bridgehead atoms. The Morgan fingerprint density at radius 1 is 0.373 bits per heavy atom. The van der Waals surface area contributed by atoms with Crippen LogP contribution in [0.4, 0.5) is 17.1 Å². The van der Waals surface area contributed by atoms with Gasteiger partial charge in [-0.25, -0.2) is 0 Å². The van der Waals surface area contributed by atoms with Gasteiger partial charge in [-0.3, -0.25) is 0 Å². The quantitative estimate of drug-likeness (QED) is 0.154. The van der Waals surface area contributed by atoms with Crippen molar-refractivity contribution >= 4 is 50.2 Å². The Labute approximate surface area is 347 Å². The maximum Gasteiger partial charge on any atom is 0.180 e. The first kappa shape index (κ1) is 34.9. The van der Waals surface area contributed by atoms with E-state index >= 15 is 0 Å². The van der Waals surface area contributed by atoms with Gasteiger partial charge in [0.2, 0.25) is 0 Å². The van der Waals surface area contributed by atoms with Gasteiger partial charge in [-0.05, 0) is 100 Å². The summed E-state index contributed by atoms with van der Waals surface area (Å²) in [5.74, 6) is 1.67. The lowest BCUT2D eigenvalue weighted by Crippen LogP contribution is -2.14. The van der Waals surface area contributed by atoms with Crippen LogP contribution in [0.1, 0.15) is 0 Å². The number of thiophene rings is 1. The molecule has 0 spiro atoms. The number of nitrogens with zero attached hydrogens (tertiary/aromatic N) is 2. The van der Waals surface area contributed by atoms with Gasteiger partial charge in [-0.2, -0.15) is 0 Å². The summed E-state index contributed by atoms with van der Waals surface area (Å²) < 4.78 is 14.8. The molecule has 1 aliphatic heterocycles. The van der Waals surface area contributed by atoms with Gasteiger partial charge in [0.25, 0.3) is 0 Å². The smallest absolute Gasteiger partial charge is 0.180 e. The van der Waals surface area contributed by atoms with E-state index in [1.807, 2.05) is 6.07 Å². The Morgan fingerprint density at radius 2 is 0.797 bits per heavy atom. The first-order valence-electron chi connectivity index (χ1n) is 20.0. The number of para-hydroxylation sites is 2. The van der Waals surface area contributed by atoms with Crippen molar-refractivity contribution in [2.75, 3.05) is 18.1 Å². The molecule has 0 N–H and O–H groups in total. The van der Waals surface area contributed by atoms with Crippen molar-refractivity contribution in [2.45, 2.75) is 0 Å². The number of anilines is 3. The SMILES string of the molecule is c1ccc(-c2ccc(N(c3ccc(-c4ccc5c(c4)c4ccccc4n5-c4ccccc4)cc3)c3ccc(-c4sc(-c5ccccc5)c5c4OCCO5)cc3)cc2)cc1. The molecule has 0 saturated heterocycles. The second-order valence-corrected chi connectivity index (χ2v) is 15.8. The second-order valence-electron chi connectivity index (χ2n) is 14.7. The van der Waals surface area contributed by atoms with E-state index in [1.165, 1.54) is 44.1 Å². The van der Waals surface area contributed by atoms with Crippen LogP contribution in [0.3, 0.4) is 0 Å². The van der Waals surface area contributed by atoms with Gasteiger partial charge in [-0.15, -0.1) is 11.3 Å². The van der Waals surface area contributed by atoms with Crippen LogP contribution in [0.15, 0.2) is 206 Å². The summed E-state index contributed by atoms with van der Waals surface area (Å²) in [6.45, 7) is 1.09. The average Bonchev–Trinajstić information content (AvgIpc) is 3.87. The first-order valence-corrected chi connectivity index (χ1v) is 20.8. The van der Waals surface area contributed by atoms with E-state index in [9.17, 15) is 0 Å². The lowest BCUT2D eigenvalue weighted by molar-refractivity contribution is 0.175. The van der Waals surface area contributed by atoms with Crippen LogP contribution in [0.2, 0.25) is 0 Å². The van der Waals surface area contributed by atoms with Crippen molar-refractivity contribution in [3.8, 4) is 60.3 Å². The van der Waals surface area contributed by atoms with Crippen molar-refractivity contribution in [3.63, 3.8) is 0 Å². The molecule has 0 aliphatic carbocycles. The fourth-order valence-corrected chi connectivity index (χ4v) is 9.57. The van der Waals surface area contributed by atoms with Crippen LogP contribution in [-0.2, 0) is 0 Å². The lowest BCUT2D eigenvalue weighted by atomic mass is 10.0. The molecule has 8 aromatic carbocycles. The number of hydrogen-bond acceptors (Lipinski definition) is 4. The summed E-state index contributed by atoms with van der Waals surface area (Å²) in [5, 5.41) is 2.49. The van der Waals surface area contributed by atoms with E-state index in [4.69, 9.17) is 9.47 Å². The lowest BCUT2D eigenvalue weighted by Gasteiger charge is -2.26. The molecule has 5 heteroatoms. The fraction of sp³-hybridized carbons (Fsp3) is 0.0370. The molecule has 11 rings (SSSR count). The predicted molar refractivity (Wildman–Crippen MR) is 246 cm³/mol. The van der Waals surface area contributed by atoms with Gasteiger partial charge in [-0.1, -0.05) is 140 Å². The first-order chi connectivity index (χ1) is 29.3. The minimum atomic E-state index is 0.538. The molecular formula is C54H38N2O2S. The summed E-state index contributed by atoms with van der Waals surface area (Å²) in [7, 11) is 0. The molecule has 10 aromatic rings. The van der Waals surface area contributed by atoms with Gasteiger partial charge in [0, 0.05) is 33.5 Å². The van der Waals surface area contributed by atoms with Crippen LogP contribution in [-0.4, -0.2) is 17.8 Å². The predicted octanol–water partition coefficient (Wildman–Crippen LogP) is 14.8.